The van der Waals surface area contributed by atoms with Gasteiger partial charge < -0.3 is 15.2 Å². The van der Waals surface area contributed by atoms with Gasteiger partial charge in [0.05, 0.1) is 28.8 Å². The number of fused-ring (bicyclic) bond motifs is 2. The van der Waals surface area contributed by atoms with Crippen molar-refractivity contribution in [3.63, 3.8) is 0 Å². The predicted molar refractivity (Wildman–Crippen MR) is 116 cm³/mol. The number of benzene rings is 2. The molecule has 1 aliphatic carbocycles. The molecule has 0 bridgehead atoms. The Bertz CT molecular complexity index is 1230. The number of aryl methyl sites for hydroxylation is 2. The van der Waals surface area contributed by atoms with Crippen LogP contribution in [0.25, 0.3) is 33.2 Å². The average molecular weight is 382 g/mol. The van der Waals surface area contributed by atoms with E-state index in [0.29, 0.717) is 12.1 Å². The lowest BCUT2D eigenvalue weighted by Gasteiger charge is -2.14. The third-order valence-corrected chi connectivity index (χ3v) is 6.10. The van der Waals surface area contributed by atoms with Crippen LogP contribution < -0.4 is 10.6 Å². The second kappa shape index (κ2) is 6.08. The van der Waals surface area contributed by atoms with E-state index in [4.69, 9.17) is 4.52 Å². The zero-order valence-corrected chi connectivity index (χ0v) is 16.5. The molecule has 29 heavy (non-hydrogen) atoms. The molecule has 2 aromatic heterocycles. The highest BCUT2D eigenvalue weighted by Gasteiger charge is 2.36. The molecule has 4 aromatic rings. The molecule has 1 fully saturated rings. The number of hydrogen-bond acceptors (Lipinski definition) is 5. The summed E-state index contributed by atoms with van der Waals surface area (Å²) in [6.07, 6.45) is 4.71. The molecule has 5 nitrogen and oxygen atoms in total. The van der Waals surface area contributed by atoms with Crippen molar-refractivity contribution in [3.05, 3.63) is 60.1 Å². The maximum atomic E-state index is 5.46. The van der Waals surface area contributed by atoms with Crippen LogP contribution in [0.4, 0.5) is 11.4 Å². The standard InChI is InChI=1S/C24H22N4O/c1-13-22(14(2)29-28-13)16-11-19(17-5-3-7-20-18(17)6-4-10-25-20)23-21(12-16)26-24(27-23)15-8-9-15/h3-7,10-12,15,24,26-27H,8-9H2,1-2H3. The van der Waals surface area contributed by atoms with Crippen LogP contribution in [-0.4, -0.2) is 16.3 Å². The molecule has 0 saturated heterocycles. The number of rotatable bonds is 3. The lowest BCUT2D eigenvalue weighted by Crippen LogP contribution is -2.24. The van der Waals surface area contributed by atoms with Gasteiger partial charge in [0, 0.05) is 22.7 Å². The Morgan fingerprint density at radius 3 is 2.69 bits per heavy atom. The van der Waals surface area contributed by atoms with E-state index >= 15 is 0 Å². The maximum Gasteiger partial charge on any atom is 0.141 e. The van der Waals surface area contributed by atoms with Gasteiger partial charge >= 0.3 is 0 Å². The van der Waals surface area contributed by atoms with Crippen molar-refractivity contribution in [2.45, 2.75) is 32.9 Å². The van der Waals surface area contributed by atoms with Gasteiger partial charge in [0.25, 0.3) is 0 Å². The molecule has 5 heteroatoms. The molecule has 1 aliphatic heterocycles. The number of nitrogens with one attached hydrogen (secondary N) is 2. The molecule has 0 amide bonds. The van der Waals surface area contributed by atoms with Crippen LogP contribution in [0, 0.1) is 19.8 Å². The minimum atomic E-state index is 0.303. The van der Waals surface area contributed by atoms with Gasteiger partial charge in [-0.15, -0.1) is 0 Å². The fourth-order valence-electron chi connectivity index (χ4n) is 4.53. The van der Waals surface area contributed by atoms with Gasteiger partial charge in [0.1, 0.15) is 5.76 Å². The monoisotopic (exact) mass is 382 g/mol. The van der Waals surface area contributed by atoms with Crippen molar-refractivity contribution in [2.75, 3.05) is 10.6 Å². The SMILES string of the molecule is Cc1noc(C)c1-c1cc2c(c(-c3cccc4ncccc34)c1)NC(C1CC1)N2. The number of aromatic nitrogens is 2. The van der Waals surface area contributed by atoms with Crippen molar-refractivity contribution in [1.29, 1.82) is 0 Å². The number of anilines is 2. The van der Waals surface area contributed by atoms with Crippen LogP contribution in [-0.2, 0) is 0 Å². The van der Waals surface area contributed by atoms with Crippen LogP contribution in [0.15, 0.2) is 53.2 Å². The molecule has 1 atom stereocenters. The van der Waals surface area contributed by atoms with Crippen molar-refractivity contribution in [2.24, 2.45) is 5.92 Å². The van der Waals surface area contributed by atoms with E-state index in [1.165, 1.54) is 29.7 Å². The zero-order valence-electron chi connectivity index (χ0n) is 16.5. The van der Waals surface area contributed by atoms with Crippen LogP contribution >= 0.6 is 0 Å². The summed E-state index contributed by atoms with van der Waals surface area (Å²) in [6, 6.07) is 15.0. The second-order valence-electron chi connectivity index (χ2n) is 8.12. The molecule has 2 N–H and O–H groups in total. The average Bonchev–Trinajstić information content (AvgIpc) is 3.42. The fraction of sp³-hybridized carbons (Fsp3) is 0.250. The Kier molecular flexibility index (Phi) is 3.48. The molecular formula is C24H22N4O. The van der Waals surface area contributed by atoms with Crippen LogP contribution in [0.1, 0.15) is 24.3 Å². The van der Waals surface area contributed by atoms with E-state index in [1.54, 1.807) is 0 Å². The van der Waals surface area contributed by atoms with Crippen molar-refractivity contribution in [3.8, 4) is 22.3 Å². The largest absolute Gasteiger partial charge is 0.363 e. The van der Waals surface area contributed by atoms with Gasteiger partial charge in [-0.1, -0.05) is 23.4 Å². The molecule has 144 valence electrons. The Labute approximate surface area is 169 Å². The van der Waals surface area contributed by atoms with Crippen molar-refractivity contribution in [1.82, 2.24) is 10.1 Å². The normalized spacial score (nSPS) is 17.8. The summed E-state index contributed by atoms with van der Waals surface area (Å²) < 4.78 is 5.46. The summed E-state index contributed by atoms with van der Waals surface area (Å²) in [5, 5.41) is 12.8. The molecule has 2 aromatic carbocycles. The zero-order chi connectivity index (χ0) is 19.5. The Morgan fingerprint density at radius 2 is 1.90 bits per heavy atom. The van der Waals surface area contributed by atoms with Crippen LogP contribution in [0.2, 0.25) is 0 Å². The van der Waals surface area contributed by atoms with E-state index in [9.17, 15) is 0 Å². The lowest BCUT2D eigenvalue weighted by atomic mass is 9.93. The first-order chi connectivity index (χ1) is 14.2. The summed E-state index contributed by atoms with van der Waals surface area (Å²) >= 11 is 0. The minimum Gasteiger partial charge on any atom is -0.363 e. The smallest absolute Gasteiger partial charge is 0.141 e. The first kappa shape index (κ1) is 16.6. The molecule has 0 spiro atoms. The lowest BCUT2D eigenvalue weighted by molar-refractivity contribution is 0.393. The molecule has 1 saturated carbocycles. The van der Waals surface area contributed by atoms with Gasteiger partial charge in [0.2, 0.25) is 0 Å². The molecule has 3 heterocycles. The van der Waals surface area contributed by atoms with E-state index in [2.05, 4.69) is 57.2 Å². The highest BCUT2D eigenvalue weighted by molar-refractivity contribution is 6.03. The highest BCUT2D eigenvalue weighted by Crippen LogP contribution is 2.48. The second-order valence-corrected chi connectivity index (χ2v) is 8.12. The molecule has 0 radical (unpaired) electrons. The summed E-state index contributed by atoms with van der Waals surface area (Å²) in [5.74, 6) is 1.55. The first-order valence-electron chi connectivity index (χ1n) is 10.2. The highest BCUT2D eigenvalue weighted by atomic mass is 16.5. The number of nitrogens with zero attached hydrogens (tertiary/aromatic N) is 2. The summed E-state index contributed by atoms with van der Waals surface area (Å²) in [7, 11) is 0. The van der Waals surface area contributed by atoms with Gasteiger partial charge in [-0.25, -0.2) is 0 Å². The van der Waals surface area contributed by atoms with E-state index in [1.807, 2.05) is 26.1 Å². The third kappa shape index (κ3) is 2.61. The minimum absolute atomic E-state index is 0.303. The van der Waals surface area contributed by atoms with Gasteiger partial charge in [-0.2, -0.15) is 0 Å². The van der Waals surface area contributed by atoms with E-state index in [-0.39, 0.29) is 0 Å². The molecule has 1 unspecified atom stereocenters. The maximum absolute atomic E-state index is 5.46. The number of hydrogen-bond donors (Lipinski definition) is 2. The van der Waals surface area contributed by atoms with Crippen LogP contribution in [0.5, 0.6) is 0 Å². The summed E-state index contributed by atoms with van der Waals surface area (Å²) in [6.45, 7) is 3.97. The summed E-state index contributed by atoms with van der Waals surface area (Å²) in [4.78, 5) is 4.55. The molecule has 2 aliphatic rings. The van der Waals surface area contributed by atoms with Gasteiger partial charge in [0.15, 0.2) is 0 Å². The topological polar surface area (TPSA) is 63.0 Å². The van der Waals surface area contributed by atoms with Crippen molar-refractivity contribution >= 4 is 22.3 Å². The first-order valence-corrected chi connectivity index (χ1v) is 10.2. The van der Waals surface area contributed by atoms with Crippen LogP contribution in [0.3, 0.4) is 0 Å². The quantitative estimate of drug-likeness (QED) is 0.472. The van der Waals surface area contributed by atoms with E-state index < -0.39 is 0 Å². The Balaban J connectivity index is 1.61. The van der Waals surface area contributed by atoms with Gasteiger partial charge in [-0.05, 0) is 68.0 Å². The number of pyridine rings is 1. The molecular weight excluding hydrogens is 360 g/mol. The summed E-state index contributed by atoms with van der Waals surface area (Å²) in [5.41, 5.74) is 8.82. The Morgan fingerprint density at radius 1 is 1.00 bits per heavy atom. The van der Waals surface area contributed by atoms with E-state index in [0.717, 1.165) is 39.2 Å². The predicted octanol–water partition coefficient (Wildman–Crippen LogP) is 5.75. The molecule has 6 rings (SSSR count). The Hall–Kier alpha value is -3.34. The third-order valence-electron chi connectivity index (χ3n) is 6.10. The van der Waals surface area contributed by atoms with Crippen molar-refractivity contribution < 1.29 is 4.52 Å². The van der Waals surface area contributed by atoms with Gasteiger partial charge in [-0.3, -0.25) is 4.98 Å². The fourth-order valence-corrected chi connectivity index (χ4v) is 4.53.